The molecule has 5 rings (SSSR count). The number of benzene rings is 3. The number of primary amides is 1. The molecular weight excluding hydrogens is 552 g/mol. The lowest BCUT2D eigenvalue weighted by Crippen LogP contribution is -2.46. The van der Waals surface area contributed by atoms with Crippen LogP contribution in [0.5, 0.6) is 11.5 Å². The minimum atomic E-state index is -3.35. The van der Waals surface area contributed by atoms with Gasteiger partial charge in [-0.2, -0.15) is 8.78 Å². The first kappa shape index (κ1) is 28.2. The van der Waals surface area contributed by atoms with E-state index in [2.05, 4.69) is 10.1 Å². The van der Waals surface area contributed by atoms with Crippen molar-refractivity contribution in [2.45, 2.75) is 56.5 Å². The van der Waals surface area contributed by atoms with Gasteiger partial charge in [-0.3, -0.25) is 4.79 Å². The number of nitrogens with one attached hydrogen (secondary N) is 1. The van der Waals surface area contributed by atoms with Crippen molar-refractivity contribution in [3.05, 3.63) is 81.9 Å². The van der Waals surface area contributed by atoms with Crippen LogP contribution in [0.1, 0.15) is 47.2 Å². The standard InChI is InChI=1S/C29H27ClF4N2O4/c30-25-20(31)12-22-19(23(25)24-18(27(35)38)10-11-21(26(24)32)39-28(33)34)13-29(40-22,15-4-2-1-3-5-15)14-36-16-6-8-17(37)9-7-16/h1-5,10-12,16-17,28,36-37H,6-9,13-14H2,(H2,35,38)/t16?,17?,29-/m1/s1. The van der Waals surface area contributed by atoms with Gasteiger partial charge in [-0.15, -0.1) is 0 Å². The predicted octanol–water partition coefficient (Wildman–Crippen LogP) is 5.71. The van der Waals surface area contributed by atoms with E-state index in [0.29, 0.717) is 12.8 Å². The minimum Gasteiger partial charge on any atom is -0.480 e. The van der Waals surface area contributed by atoms with E-state index < -0.39 is 46.1 Å². The molecule has 40 heavy (non-hydrogen) atoms. The second-order valence-corrected chi connectivity index (χ2v) is 10.5. The van der Waals surface area contributed by atoms with Crippen LogP contribution < -0.4 is 20.5 Å². The highest BCUT2D eigenvalue weighted by Gasteiger charge is 2.44. The summed E-state index contributed by atoms with van der Waals surface area (Å²) in [5.74, 6) is -4.14. The van der Waals surface area contributed by atoms with Crippen molar-refractivity contribution in [2.24, 2.45) is 5.73 Å². The molecule has 1 saturated carbocycles. The van der Waals surface area contributed by atoms with Crippen molar-refractivity contribution in [2.75, 3.05) is 6.54 Å². The number of halogens is 5. The zero-order valence-corrected chi connectivity index (χ0v) is 22.0. The number of hydrogen-bond donors (Lipinski definition) is 3. The van der Waals surface area contributed by atoms with E-state index in [9.17, 15) is 18.7 Å². The van der Waals surface area contributed by atoms with Crippen LogP contribution in [-0.2, 0) is 12.0 Å². The zero-order chi connectivity index (χ0) is 28.6. The Hall–Kier alpha value is -3.34. The molecule has 3 aromatic rings. The molecular formula is C29H27ClF4N2O4. The molecule has 1 fully saturated rings. The van der Waals surface area contributed by atoms with Gasteiger partial charge in [0.2, 0.25) is 5.91 Å². The molecule has 11 heteroatoms. The summed E-state index contributed by atoms with van der Waals surface area (Å²) in [5, 5.41) is 12.9. The molecule has 0 aromatic heterocycles. The number of hydrogen-bond acceptors (Lipinski definition) is 5. The maximum absolute atomic E-state index is 15.7. The van der Waals surface area contributed by atoms with Gasteiger partial charge >= 0.3 is 6.61 Å². The number of aliphatic hydroxyl groups is 1. The third-order valence-electron chi connectivity index (χ3n) is 7.56. The fraction of sp³-hybridized carbons (Fsp3) is 0.345. The van der Waals surface area contributed by atoms with E-state index in [0.717, 1.165) is 36.6 Å². The Bertz CT molecular complexity index is 1420. The molecule has 1 amide bonds. The summed E-state index contributed by atoms with van der Waals surface area (Å²) in [6.45, 7) is -3.07. The Morgan fingerprint density at radius 1 is 1.12 bits per heavy atom. The van der Waals surface area contributed by atoms with Gasteiger partial charge < -0.3 is 25.6 Å². The highest BCUT2D eigenvalue weighted by atomic mass is 35.5. The number of fused-ring (bicyclic) bond motifs is 1. The number of ether oxygens (including phenoxy) is 2. The van der Waals surface area contributed by atoms with Crippen LogP contribution in [-0.4, -0.2) is 36.3 Å². The Morgan fingerprint density at radius 3 is 2.48 bits per heavy atom. The molecule has 1 atom stereocenters. The molecule has 0 spiro atoms. The smallest absolute Gasteiger partial charge is 0.387 e. The maximum atomic E-state index is 15.7. The Labute approximate surface area is 233 Å². The SMILES string of the molecule is NC(=O)c1ccc(OC(F)F)c(F)c1-c1c(Cl)c(F)cc2c1C[C@@](CNC1CCC(O)CC1)(c1ccccc1)O2. The number of aliphatic hydroxyl groups excluding tert-OH is 1. The van der Waals surface area contributed by atoms with E-state index in [1.807, 2.05) is 30.3 Å². The van der Waals surface area contributed by atoms with Gasteiger partial charge in [0.1, 0.15) is 11.6 Å². The van der Waals surface area contributed by atoms with Crippen LogP contribution in [0.15, 0.2) is 48.5 Å². The second kappa shape index (κ2) is 11.3. The number of alkyl halides is 2. The van der Waals surface area contributed by atoms with Gasteiger partial charge in [-0.1, -0.05) is 41.9 Å². The highest BCUT2D eigenvalue weighted by molar-refractivity contribution is 6.34. The summed E-state index contributed by atoms with van der Waals surface area (Å²) in [6, 6.07) is 12.3. The molecule has 0 unspecified atom stereocenters. The first-order valence-corrected chi connectivity index (χ1v) is 13.2. The monoisotopic (exact) mass is 578 g/mol. The van der Waals surface area contributed by atoms with E-state index >= 15 is 8.78 Å². The van der Waals surface area contributed by atoms with Gasteiger partial charge in [0.15, 0.2) is 17.2 Å². The van der Waals surface area contributed by atoms with Crippen molar-refractivity contribution in [1.29, 1.82) is 0 Å². The average Bonchev–Trinajstić information content (AvgIpc) is 3.30. The van der Waals surface area contributed by atoms with Crippen LogP contribution in [0, 0.1) is 11.6 Å². The topological polar surface area (TPSA) is 93.8 Å². The van der Waals surface area contributed by atoms with Gasteiger partial charge in [-0.25, -0.2) is 8.78 Å². The number of rotatable bonds is 8. The van der Waals surface area contributed by atoms with Gasteiger partial charge in [0, 0.05) is 41.8 Å². The molecule has 0 bridgehead atoms. The summed E-state index contributed by atoms with van der Waals surface area (Å²) in [6.07, 6.45) is 2.59. The minimum absolute atomic E-state index is 0.0663. The first-order valence-electron chi connectivity index (χ1n) is 12.8. The molecule has 1 aliphatic heterocycles. The second-order valence-electron chi connectivity index (χ2n) is 10.1. The number of nitrogens with two attached hydrogens (primary N) is 1. The largest absolute Gasteiger partial charge is 0.480 e. The molecule has 2 aliphatic rings. The van der Waals surface area contributed by atoms with Crippen LogP contribution in [0.3, 0.4) is 0 Å². The Morgan fingerprint density at radius 2 is 1.82 bits per heavy atom. The molecule has 3 aromatic carbocycles. The van der Waals surface area contributed by atoms with E-state index in [1.54, 1.807) is 0 Å². The summed E-state index contributed by atoms with van der Waals surface area (Å²) in [4.78, 5) is 12.3. The number of amides is 1. The lowest BCUT2D eigenvalue weighted by Gasteiger charge is -2.34. The molecule has 0 saturated heterocycles. The fourth-order valence-electron chi connectivity index (χ4n) is 5.59. The lowest BCUT2D eigenvalue weighted by molar-refractivity contribution is -0.0521. The van der Waals surface area contributed by atoms with Crippen LogP contribution in [0.25, 0.3) is 11.1 Å². The maximum Gasteiger partial charge on any atom is 0.387 e. The molecule has 1 heterocycles. The molecule has 1 aliphatic carbocycles. The summed E-state index contributed by atoms with van der Waals surface area (Å²) >= 11 is 6.39. The Balaban J connectivity index is 1.63. The van der Waals surface area contributed by atoms with E-state index in [1.165, 1.54) is 0 Å². The third-order valence-corrected chi connectivity index (χ3v) is 7.93. The van der Waals surface area contributed by atoms with Gasteiger partial charge in [0.25, 0.3) is 0 Å². The van der Waals surface area contributed by atoms with Crippen LogP contribution in [0.4, 0.5) is 17.6 Å². The van der Waals surface area contributed by atoms with Crippen molar-refractivity contribution in [3.63, 3.8) is 0 Å². The highest BCUT2D eigenvalue weighted by Crippen LogP contribution is 2.50. The zero-order valence-electron chi connectivity index (χ0n) is 21.2. The van der Waals surface area contributed by atoms with Gasteiger partial charge in [-0.05, 0) is 43.4 Å². The number of carbonyl (C=O) groups is 1. The summed E-state index contributed by atoms with van der Waals surface area (Å²) in [7, 11) is 0. The summed E-state index contributed by atoms with van der Waals surface area (Å²) in [5.41, 5.74) is 4.30. The summed E-state index contributed by atoms with van der Waals surface area (Å²) < 4.78 is 67.7. The van der Waals surface area contributed by atoms with E-state index in [4.69, 9.17) is 22.1 Å². The van der Waals surface area contributed by atoms with Crippen molar-refractivity contribution < 1.29 is 36.9 Å². The van der Waals surface area contributed by atoms with Crippen molar-refractivity contribution in [1.82, 2.24) is 5.32 Å². The number of carbonyl (C=O) groups excluding carboxylic acids is 1. The first-order chi connectivity index (χ1) is 19.1. The van der Waals surface area contributed by atoms with Crippen molar-refractivity contribution >= 4 is 17.5 Å². The quantitative estimate of drug-likeness (QED) is 0.298. The molecule has 0 radical (unpaired) electrons. The van der Waals surface area contributed by atoms with Crippen LogP contribution in [0.2, 0.25) is 5.02 Å². The lowest BCUT2D eigenvalue weighted by atomic mass is 9.84. The van der Waals surface area contributed by atoms with E-state index in [-0.39, 0.29) is 47.6 Å². The normalized spacial score (nSPS) is 22.2. The molecule has 6 nitrogen and oxygen atoms in total. The molecule has 212 valence electrons. The predicted molar refractivity (Wildman–Crippen MR) is 141 cm³/mol. The Kier molecular flexibility index (Phi) is 7.94. The van der Waals surface area contributed by atoms with Crippen LogP contribution >= 0.6 is 11.6 Å². The third kappa shape index (κ3) is 5.35. The molecule has 4 N–H and O–H groups in total. The van der Waals surface area contributed by atoms with Crippen molar-refractivity contribution in [3.8, 4) is 22.6 Å². The average molecular weight is 579 g/mol. The van der Waals surface area contributed by atoms with Gasteiger partial charge in [0.05, 0.1) is 16.7 Å². The fourth-order valence-corrected chi connectivity index (χ4v) is 5.85.